The molecule has 0 bridgehead atoms. The van der Waals surface area contributed by atoms with Crippen LogP contribution in [-0.4, -0.2) is 62.6 Å². The molecule has 2 aromatic heterocycles. The quantitative estimate of drug-likeness (QED) is 0.912. The van der Waals surface area contributed by atoms with Crippen molar-refractivity contribution in [2.24, 2.45) is 0 Å². The number of nitrogens with zero attached hydrogens (tertiary/aromatic N) is 4. The van der Waals surface area contributed by atoms with E-state index in [0.717, 1.165) is 49.8 Å². The first kappa shape index (κ1) is 15.0. The van der Waals surface area contributed by atoms with Crippen LogP contribution in [0, 0.1) is 0 Å². The number of fused-ring (bicyclic) bond motifs is 1. The SMILES string of the molecule is CC[C@@H]1CN(Cc2cn3ccsc3n2)CCN1C[C@@H](C)O. The molecule has 1 aliphatic rings. The molecule has 3 rings (SSSR count). The number of hydrogen-bond acceptors (Lipinski definition) is 5. The molecule has 2 atom stereocenters. The summed E-state index contributed by atoms with van der Waals surface area (Å²) in [7, 11) is 0. The van der Waals surface area contributed by atoms with Gasteiger partial charge in [0.25, 0.3) is 0 Å². The van der Waals surface area contributed by atoms with Gasteiger partial charge in [-0.3, -0.25) is 14.2 Å². The highest BCUT2D eigenvalue weighted by Gasteiger charge is 2.26. The van der Waals surface area contributed by atoms with Crippen molar-refractivity contribution in [2.45, 2.75) is 39.0 Å². The molecule has 1 fully saturated rings. The number of aromatic nitrogens is 2. The van der Waals surface area contributed by atoms with Crippen molar-refractivity contribution in [3.05, 3.63) is 23.5 Å². The maximum Gasteiger partial charge on any atom is 0.193 e. The third kappa shape index (κ3) is 3.45. The molecule has 1 N–H and O–H groups in total. The lowest BCUT2D eigenvalue weighted by Gasteiger charge is -2.41. The normalized spacial score (nSPS) is 22.9. The van der Waals surface area contributed by atoms with Gasteiger partial charge in [0.2, 0.25) is 0 Å². The second-order valence-corrected chi connectivity index (χ2v) is 6.84. The maximum absolute atomic E-state index is 9.61. The Hall–Kier alpha value is -0.950. The van der Waals surface area contributed by atoms with Crippen LogP contribution in [-0.2, 0) is 6.54 Å². The van der Waals surface area contributed by atoms with Crippen LogP contribution in [0.5, 0.6) is 0 Å². The van der Waals surface area contributed by atoms with Gasteiger partial charge >= 0.3 is 0 Å². The van der Waals surface area contributed by atoms with Crippen molar-refractivity contribution in [3.63, 3.8) is 0 Å². The van der Waals surface area contributed by atoms with Gasteiger partial charge in [-0.25, -0.2) is 4.98 Å². The van der Waals surface area contributed by atoms with E-state index >= 15 is 0 Å². The smallest absolute Gasteiger partial charge is 0.193 e. The molecule has 116 valence electrons. The Kier molecular flexibility index (Phi) is 4.59. The summed E-state index contributed by atoms with van der Waals surface area (Å²) in [5.74, 6) is 0. The highest BCUT2D eigenvalue weighted by atomic mass is 32.1. The van der Waals surface area contributed by atoms with Gasteiger partial charge in [-0.15, -0.1) is 11.3 Å². The van der Waals surface area contributed by atoms with Crippen LogP contribution in [0.3, 0.4) is 0 Å². The number of aliphatic hydroxyl groups excluding tert-OH is 1. The van der Waals surface area contributed by atoms with E-state index in [4.69, 9.17) is 0 Å². The summed E-state index contributed by atoms with van der Waals surface area (Å²) in [6.45, 7) is 8.96. The first-order valence-corrected chi connectivity index (χ1v) is 8.59. The van der Waals surface area contributed by atoms with E-state index < -0.39 is 0 Å². The second kappa shape index (κ2) is 6.44. The van der Waals surface area contributed by atoms with Gasteiger partial charge in [0.05, 0.1) is 11.8 Å². The van der Waals surface area contributed by atoms with Crippen LogP contribution in [0.4, 0.5) is 0 Å². The predicted molar refractivity (Wildman–Crippen MR) is 85.7 cm³/mol. The number of β-amino-alcohol motifs (C(OH)–C–C–N with tert-alkyl or cyclic N) is 1. The summed E-state index contributed by atoms with van der Waals surface area (Å²) in [5.41, 5.74) is 1.15. The van der Waals surface area contributed by atoms with Gasteiger partial charge < -0.3 is 5.11 Å². The number of hydrogen-bond donors (Lipinski definition) is 1. The lowest BCUT2D eigenvalue weighted by Crippen LogP contribution is -2.54. The average molecular weight is 308 g/mol. The molecule has 3 heterocycles. The Labute approximate surface area is 129 Å². The third-order valence-electron chi connectivity index (χ3n) is 4.19. The van der Waals surface area contributed by atoms with E-state index in [9.17, 15) is 5.11 Å². The fourth-order valence-corrected chi connectivity index (χ4v) is 3.87. The van der Waals surface area contributed by atoms with Crippen molar-refractivity contribution in [1.82, 2.24) is 19.2 Å². The molecule has 1 aliphatic heterocycles. The molecule has 5 nitrogen and oxygen atoms in total. The molecule has 2 aromatic rings. The van der Waals surface area contributed by atoms with E-state index in [1.807, 2.05) is 6.92 Å². The van der Waals surface area contributed by atoms with Gasteiger partial charge in [0.1, 0.15) is 0 Å². The van der Waals surface area contributed by atoms with Crippen LogP contribution < -0.4 is 0 Å². The molecule has 0 aliphatic carbocycles. The second-order valence-electron chi connectivity index (χ2n) is 5.97. The van der Waals surface area contributed by atoms with E-state index in [1.165, 1.54) is 0 Å². The molecular weight excluding hydrogens is 284 g/mol. The Morgan fingerprint density at radius 1 is 1.48 bits per heavy atom. The highest BCUT2D eigenvalue weighted by Crippen LogP contribution is 2.17. The Morgan fingerprint density at radius 3 is 3.05 bits per heavy atom. The van der Waals surface area contributed by atoms with Crippen molar-refractivity contribution >= 4 is 16.3 Å². The molecule has 0 unspecified atom stereocenters. The molecule has 0 saturated carbocycles. The number of imidazole rings is 1. The van der Waals surface area contributed by atoms with Crippen LogP contribution in [0.2, 0.25) is 0 Å². The minimum atomic E-state index is -0.245. The lowest BCUT2D eigenvalue weighted by molar-refractivity contribution is 0.0334. The zero-order valence-electron chi connectivity index (χ0n) is 12.8. The zero-order valence-corrected chi connectivity index (χ0v) is 13.6. The third-order valence-corrected chi connectivity index (χ3v) is 4.96. The first-order valence-electron chi connectivity index (χ1n) is 7.71. The van der Waals surface area contributed by atoms with Crippen molar-refractivity contribution in [2.75, 3.05) is 26.2 Å². The van der Waals surface area contributed by atoms with E-state index in [2.05, 4.69) is 43.9 Å². The van der Waals surface area contributed by atoms with Gasteiger partial charge in [0.15, 0.2) is 4.96 Å². The summed E-state index contributed by atoms with van der Waals surface area (Å²) in [5, 5.41) is 11.7. The minimum Gasteiger partial charge on any atom is -0.392 e. The number of piperazine rings is 1. The van der Waals surface area contributed by atoms with Gasteiger partial charge in [-0.1, -0.05) is 6.92 Å². The first-order chi connectivity index (χ1) is 10.2. The molecule has 0 radical (unpaired) electrons. The fraction of sp³-hybridized carbons (Fsp3) is 0.667. The molecule has 0 aromatic carbocycles. The van der Waals surface area contributed by atoms with Crippen molar-refractivity contribution < 1.29 is 5.11 Å². The van der Waals surface area contributed by atoms with Crippen molar-refractivity contribution in [1.29, 1.82) is 0 Å². The highest BCUT2D eigenvalue weighted by molar-refractivity contribution is 7.15. The predicted octanol–water partition coefficient (Wildman–Crippen LogP) is 1.67. The van der Waals surface area contributed by atoms with Crippen LogP contribution in [0.1, 0.15) is 26.0 Å². The minimum absolute atomic E-state index is 0.245. The Morgan fingerprint density at radius 2 is 2.33 bits per heavy atom. The molecule has 0 spiro atoms. The van der Waals surface area contributed by atoms with Crippen molar-refractivity contribution in [3.8, 4) is 0 Å². The lowest BCUT2D eigenvalue weighted by atomic mass is 10.1. The summed E-state index contributed by atoms with van der Waals surface area (Å²) in [6.07, 6.45) is 5.08. The topological polar surface area (TPSA) is 44.0 Å². The number of aliphatic hydroxyl groups is 1. The summed E-state index contributed by atoms with van der Waals surface area (Å²) < 4.78 is 2.10. The molecule has 21 heavy (non-hydrogen) atoms. The standard InChI is InChI=1S/C15H24N4OS/c1-3-14-11-17(4-5-18(14)8-12(2)20)9-13-10-19-6-7-21-15(19)16-13/h6-7,10,12,14,20H,3-5,8-9,11H2,1-2H3/t12-,14-/m1/s1. The van der Waals surface area contributed by atoms with Gasteiger partial charge in [0, 0.05) is 56.5 Å². The van der Waals surface area contributed by atoms with E-state index in [-0.39, 0.29) is 6.10 Å². The van der Waals surface area contributed by atoms with Crippen LogP contribution >= 0.6 is 11.3 Å². The number of rotatable bonds is 5. The van der Waals surface area contributed by atoms with Gasteiger partial charge in [-0.2, -0.15) is 0 Å². The van der Waals surface area contributed by atoms with E-state index in [0.29, 0.717) is 6.04 Å². The summed E-state index contributed by atoms with van der Waals surface area (Å²) in [6, 6.07) is 0.539. The van der Waals surface area contributed by atoms with Crippen LogP contribution in [0.25, 0.3) is 4.96 Å². The monoisotopic (exact) mass is 308 g/mol. The fourth-order valence-electron chi connectivity index (χ4n) is 3.15. The van der Waals surface area contributed by atoms with Gasteiger partial charge in [-0.05, 0) is 13.3 Å². The van der Waals surface area contributed by atoms with E-state index in [1.54, 1.807) is 11.3 Å². The van der Waals surface area contributed by atoms with Crippen LogP contribution in [0.15, 0.2) is 17.8 Å². The Bertz CT molecular complexity index is 550. The summed E-state index contributed by atoms with van der Waals surface area (Å²) in [4.78, 5) is 10.7. The molecule has 1 saturated heterocycles. The zero-order chi connectivity index (χ0) is 14.8. The maximum atomic E-state index is 9.61. The average Bonchev–Trinajstić information content (AvgIpc) is 3.00. The molecule has 6 heteroatoms. The summed E-state index contributed by atoms with van der Waals surface area (Å²) >= 11 is 1.68. The Balaban J connectivity index is 1.61. The molecular formula is C15H24N4OS. The number of thiazole rings is 1. The molecule has 0 amide bonds. The largest absolute Gasteiger partial charge is 0.392 e.